The van der Waals surface area contributed by atoms with Gasteiger partial charge in [-0.15, -0.1) is 0 Å². The second-order valence-electron chi connectivity index (χ2n) is 7.60. The van der Waals surface area contributed by atoms with Crippen LogP contribution in [-0.4, -0.2) is 46.7 Å². The highest BCUT2D eigenvalue weighted by Gasteiger charge is 2.23. The molecular formula is C23H19ClF2N6O. The maximum atomic E-state index is 14.7. The second kappa shape index (κ2) is 8.76. The molecule has 5 rings (SSSR count). The van der Waals surface area contributed by atoms with Crippen LogP contribution < -0.4 is 15.5 Å². The fraction of sp³-hybridized carbons (Fsp3) is 0.174. The molecule has 1 saturated heterocycles. The lowest BCUT2D eigenvalue weighted by Gasteiger charge is -2.31. The summed E-state index contributed by atoms with van der Waals surface area (Å²) in [5.74, 6) is -2.50. The summed E-state index contributed by atoms with van der Waals surface area (Å²) in [7, 11) is 0. The van der Waals surface area contributed by atoms with Crippen LogP contribution in [0.1, 0.15) is 10.5 Å². The van der Waals surface area contributed by atoms with Crippen molar-refractivity contribution in [3.63, 3.8) is 0 Å². The molecule has 0 atom stereocenters. The number of fused-ring (bicyclic) bond motifs is 1. The molecule has 2 N–H and O–H groups in total. The number of hydrogen-bond acceptors (Lipinski definition) is 5. The molecule has 4 aromatic rings. The molecule has 7 nitrogen and oxygen atoms in total. The molecule has 33 heavy (non-hydrogen) atoms. The smallest absolute Gasteiger partial charge is 0.274 e. The summed E-state index contributed by atoms with van der Waals surface area (Å²) in [6, 6.07) is 11.1. The molecule has 0 bridgehead atoms. The Morgan fingerprint density at radius 1 is 1.12 bits per heavy atom. The van der Waals surface area contributed by atoms with Crippen molar-refractivity contribution < 1.29 is 13.6 Å². The minimum Gasteiger partial charge on any atom is -0.365 e. The molecule has 1 fully saturated rings. The number of nitrogens with one attached hydrogen (secondary N) is 2. The maximum Gasteiger partial charge on any atom is 0.274 e. The lowest BCUT2D eigenvalue weighted by Crippen LogP contribution is -2.44. The molecule has 168 valence electrons. The van der Waals surface area contributed by atoms with Gasteiger partial charge in [0.05, 0.1) is 11.9 Å². The molecule has 10 heteroatoms. The Balaban J connectivity index is 1.49. The third-order valence-corrected chi connectivity index (χ3v) is 5.72. The van der Waals surface area contributed by atoms with E-state index in [1.165, 1.54) is 12.1 Å². The van der Waals surface area contributed by atoms with E-state index >= 15 is 0 Å². The van der Waals surface area contributed by atoms with Crippen LogP contribution in [0.15, 0.2) is 54.9 Å². The van der Waals surface area contributed by atoms with Gasteiger partial charge in [-0.05, 0) is 35.9 Å². The third kappa shape index (κ3) is 4.12. The Labute approximate surface area is 193 Å². The SMILES string of the molecule is O=C(Nc1ccc(F)c(F)c1N1CCNCC1)c1ccn2ncc(-c3cccc(Cl)c3)c2n1. The Kier molecular flexibility index (Phi) is 5.65. The minimum absolute atomic E-state index is 0.0369. The quantitative estimate of drug-likeness (QED) is 0.474. The maximum absolute atomic E-state index is 14.7. The lowest BCUT2D eigenvalue weighted by molar-refractivity contribution is 0.102. The van der Waals surface area contributed by atoms with Gasteiger partial charge >= 0.3 is 0 Å². The summed E-state index contributed by atoms with van der Waals surface area (Å²) in [5, 5.41) is 10.7. The average molecular weight is 469 g/mol. The van der Waals surface area contributed by atoms with Crippen LogP contribution in [0.2, 0.25) is 5.02 Å². The Bertz CT molecular complexity index is 1350. The Morgan fingerprint density at radius 3 is 2.73 bits per heavy atom. The third-order valence-electron chi connectivity index (χ3n) is 5.49. The first-order valence-corrected chi connectivity index (χ1v) is 10.7. The van der Waals surface area contributed by atoms with Crippen molar-refractivity contribution >= 4 is 34.5 Å². The van der Waals surface area contributed by atoms with Crippen molar-refractivity contribution in [1.29, 1.82) is 0 Å². The largest absolute Gasteiger partial charge is 0.365 e. The van der Waals surface area contributed by atoms with Crippen LogP contribution in [0.4, 0.5) is 20.2 Å². The fourth-order valence-electron chi connectivity index (χ4n) is 3.88. The minimum atomic E-state index is -0.989. The van der Waals surface area contributed by atoms with Crippen LogP contribution in [0.3, 0.4) is 0 Å². The van der Waals surface area contributed by atoms with Gasteiger partial charge in [-0.1, -0.05) is 23.7 Å². The van der Waals surface area contributed by atoms with E-state index in [0.717, 1.165) is 11.6 Å². The van der Waals surface area contributed by atoms with E-state index in [1.807, 2.05) is 12.1 Å². The predicted octanol–water partition coefficient (Wildman–Crippen LogP) is 3.99. The van der Waals surface area contributed by atoms with Gasteiger partial charge in [-0.2, -0.15) is 5.10 Å². The number of rotatable bonds is 4. The molecule has 1 aliphatic heterocycles. The molecular weight excluding hydrogens is 450 g/mol. The molecule has 2 aromatic heterocycles. The van der Waals surface area contributed by atoms with Gasteiger partial charge in [0, 0.05) is 43.0 Å². The van der Waals surface area contributed by atoms with E-state index in [1.54, 1.807) is 33.9 Å². The van der Waals surface area contributed by atoms with Crippen LogP contribution >= 0.6 is 11.6 Å². The number of piperazine rings is 1. The first kappa shape index (κ1) is 21.3. The molecule has 0 spiro atoms. The molecule has 1 aliphatic rings. The number of nitrogens with zero attached hydrogens (tertiary/aromatic N) is 4. The van der Waals surface area contributed by atoms with Gasteiger partial charge in [-0.3, -0.25) is 4.79 Å². The highest BCUT2D eigenvalue weighted by atomic mass is 35.5. The lowest BCUT2D eigenvalue weighted by atomic mass is 10.1. The zero-order chi connectivity index (χ0) is 22.9. The number of amides is 1. The summed E-state index contributed by atoms with van der Waals surface area (Å²) in [5.41, 5.74) is 2.33. The monoisotopic (exact) mass is 468 g/mol. The van der Waals surface area contributed by atoms with Crippen molar-refractivity contribution in [2.45, 2.75) is 0 Å². The first-order chi connectivity index (χ1) is 16.0. The van der Waals surface area contributed by atoms with Crippen LogP contribution in [0, 0.1) is 11.6 Å². The van der Waals surface area contributed by atoms with Crippen LogP contribution in [-0.2, 0) is 0 Å². The number of benzene rings is 2. The molecule has 2 aromatic carbocycles. The summed E-state index contributed by atoms with van der Waals surface area (Å²) < 4.78 is 30.3. The summed E-state index contributed by atoms with van der Waals surface area (Å²) >= 11 is 6.11. The zero-order valence-electron chi connectivity index (χ0n) is 17.4. The average Bonchev–Trinajstić information content (AvgIpc) is 3.25. The fourth-order valence-corrected chi connectivity index (χ4v) is 4.07. The first-order valence-electron chi connectivity index (χ1n) is 10.4. The molecule has 3 heterocycles. The number of hydrogen-bond donors (Lipinski definition) is 2. The zero-order valence-corrected chi connectivity index (χ0v) is 18.1. The van der Waals surface area contributed by atoms with Gasteiger partial charge in [0.15, 0.2) is 17.3 Å². The molecule has 1 amide bonds. The molecule has 0 aliphatic carbocycles. The predicted molar refractivity (Wildman–Crippen MR) is 123 cm³/mol. The van der Waals surface area contributed by atoms with E-state index in [9.17, 15) is 13.6 Å². The van der Waals surface area contributed by atoms with E-state index in [2.05, 4.69) is 20.7 Å². The Hall–Kier alpha value is -3.56. The van der Waals surface area contributed by atoms with Crippen molar-refractivity contribution in [3.8, 4) is 11.1 Å². The van der Waals surface area contributed by atoms with Crippen molar-refractivity contribution in [2.75, 3.05) is 36.4 Å². The normalized spacial score (nSPS) is 14.0. The van der Waals surface area contributed by atoms with Gasteiger partial charge in [-0.25, -0.2) is 18.3 Å². The highest BCUT2D eigenvalue weighted by molar-refractivity contribution is 6.30. The van der Waals surface area contributed by atoms with E-state index in [-0.39, 0.29) is 17.1 Å². The van der Waals surface area contributed by atoms with Gasteiger partial charge < -0.3 is 15.5 Å². The molecule has 0 unspecified atom stereocenters. The van der Waals surface area contributed by atoms with E-state index < -0.39 is 17.5 Å². The number of carbonyl (C=O) groups is 1. The van der Waals surface area contributed by atoms with E-state index in [4.69, 9.17) is 11.6 Å². The van der Waals surface area contributed by atoms with Crippen molar-refractivity contribution in [1.82, 2.24) is 19.9 Å². The van der Waals surface area contributed by atoms with Crippen LogP contribution in [0.25, 0.3) is 16.8 Å². The Morgan fingerprint density at radius 2 is 1.94 bits per heavy atom. The van der Waals surface area contributed by atoms with Gasteiger partial charge in [0.2, 0.25) is 0 Å². The number of aromatic nitrogens is 3. The number of anilines is 2. The van der Waals surface area contributed by atoms with E-state index in [0.29, 0.717) is 42.4 Å². The van der Waals surface area contributed by atoms with Gasteiger partial charge in [0.1, 0.15) is 11.4 Å². The number of halogens is 3. The molecule has 0 saturated carbocycles. The highest BCUT2D eigenvalue weighted by Crippen LogP contribution is 2.32. The second-order valence-corrected chi connectivity index (χ2v) is 8.03. The summed E-state index contributed by atoms with van der Waals surface area (Å²) in [6.45, 7) is 2.25. The number of carbonyl (C=O) groups excluding carboxylic acids is 1. The van der Waals surface area contributed by atoms with Crippen molar-refractivity contribution in [3.05, 3.63) is 77.2 Å². The van der Waals surface area contributed by atoms with Crippen molar-refractivity contribution in [2.24, 2.45) is 0 Å². The molecule has 0 radical (unpaired) electrons. The summed E-state index contributed by atoms with van der Waals surface area (Å²) in [6.07, 6.45) is 3.27. The van der Waals surface area contributed by atoms with Crippen LogP contribution in [0.5, 0.6) is 0 Å². The van der Waals surface area contributed by atoms with Gasteiger partial charge in [0.25, 0.3) is 5.91 Å². The standard InChI is InChI=1S/C23H19ClF2N6O/c24-15-3-1-2-14(12-15)16-13-28-32-9-6-19(29-22(16)32)23(33)30-18-5-4-17(25)20(26)21(18)31-10-7-27-8-11-31/h1-6,9,12-13,27H,7-8,10-11H2,(H,30,33). The summed E-state index contributed by atoms with van der Waals surface area (Å²) in [4.78, 5) is 19.2. The topological polar surface area (TPSA) is 74.6 Å².